The quantitative estimate of drug-likeness (QED) is 0.412. The van der Waals surface area contributed by atoms with E-state index in [1.54, 1.807) is 46.1 Å². The fourth-order valence-corrected chi connectivity index (χ4v) is 4.26. The van der Waals surface area contributed by atoms with Crippen molar-refractivity contribution in [3.05, 3.63) is 72.0 Å². The molecule has 1 aromatic heterocycles. The molecule has 2 unspecified atom stereocenters. The van der Waals surface area contributed by atoms with E-state index in [2.05, 4.69) is 5.16 Å². The number of ketones is 2. The number of carbonyl (C=O) groups excluding carboxylic acids is 3. The van der Waals surface area contributed by atoms with Gasteiger partial charge in [0.25, 0.3) is 5.91 Å². The van der Waals surface area contributed by atoms with Gasteiger partial charge in [0, 0.05) is 29.8 Å². The minimum Gasteiger partial charge on any atom is -0.380 e. The zero-order valence-electron chi connectivity index (χ0n) is 19.1. The third-order valence-corrected chi connectivity index (χ3v) is 5.88. The molecule has 1 amide bonds. The highest BCUT2D eigenvalue weighted by Gasteiger charge is 2.54. The largest absolute Gasteiger partial charge is 0.380 e. The number of anilines is 1. The fraction of sp³-hybridized carbons (Fsp3) is 0.308. The summed E-state index contributed by atoms with van der Waals surface area (Å²) in [6.45, 7) is 5.59. The number of Topliss-reactive ketones (excluding diaryl/α,β-unsaturated/α-hetero) is 2. The molecule has 33 heavy (non-hydrogen) atoms. The first-order valence-electron chi connectivity index (χ1n) is 10.7. The lowest BCUT2D eigenvalue weighted by Crippen LogP contribution is -2.36. The number of benzene rings is 2. The number of amides is 1. The van der Waals surface area contributed by atoms with Crippen LogP contribution in [-0.2, 0) is 25.7 Å². The smallest absolute Gasteiger partial charge is 0.295 e. The van der Waals surface area contributed by atoms with E-state index >= 15 is 0 Å². The normalized spacial score (nSPS) is 18.7. The van der Waals surface area contributed by atoms with E-state index < -0.39 is 29.1 Å². The Morgan fingerprint density at radius 3 is 2.36 bits per heavy atom. The van der Waals surface area contributed by atoms with Gasteiger partial charge in [0.15, 0.2) is 5.78 Å². The molecule has 2 heterocycles. The molecule has 0 radical (unpaired) electrons. The average Bonchev–Trinajstić information content (AvgIpc) is 3.41. The highest BCUT2D eigenvalue weighted by molar-refractivity contribution is 6.48. The highest BCUT2D eigenvalue weighted by atomic mass is 16.5. The molecule has 1 aliphatic rings. The third kappa shape index (κ3) is 4.12. The van der Waals surface area contributed by atoms with Crippen LogP contribution in [-0.4, -0.2) is 29.7 Å². The number of hydrogen-bond acceptors (Lipinski definition) is 6. The van der Waals surface area contributed by atoms with Crippen molar-refractivity contribution in [3.63, 3.8) is 0 Å². The standard InChI is InChI=1S/C26H26N2O5/c1-26(2,3)24(30)21-22(19-8-6-5-7-17(19)15-32-4)28(25(31)23(21)29)18-11-9-16(10-12-18)20-13-14-33-27-20/h5-14,21-22H,15H2,1-4H3. The molecule has 1 fully saturated rings. The molecule has 7 nitrogen and oxygen atoms in total. The topological polar surface area (TPSA) is 89.7 Å². The summed E-state index contributed by atoms with van der Waals surface area (Å²) in [7, 11) is 1.58. The zero-order chi connectivity index (χ0) is 23.8. The second kappa shape index (κ2) is 8.75. The number of ether oxygens (including phenoxy) is 1. The Hall–Kier alpha value is -3.58. The summed E-state index contributed by atoms with van der Waals surface area (Å²) in [6.07, 6.45) is 1.48. The fourth-order valence-electron chi connectivity index (χ4n) is 4.26. The Morgan fingerprint density at radius 1 is 1.06 bits per heavy atom. The van der Waals surface area contributed by atoms with Crippen LogP contribution in [0.25, 0.3) is 11.3 Å². The first-order chi connectivity index (χ1) is 15.7. The summed E-state index contributed by atoms with van der Waals surface area (Å²) in [5.74, 6) is -2.75. The molecule has 7 heteroatoms. The molecule has 3 aromatic rings. The Morgan fingerprint density at radius 2 is 1.76 bits per heavy atom. The Labute approximate surface area is 192 Å². The van der Waals surface area contributed by atoms with Crippen LogP contribution < -0.4 is 4.90 Å². The highest BCUT2D eigenvalue weighted by Crippen LogP contribution is 2.44. The molecule has 4 rings (SSSR count). The van der Waals surface area contributed by atoms with Crippen molar-refractivity contribution < 1.29 is 23.6 Å². The maximum absolute atomic E-state index is 13.4. The van der Waals surface area contributed by atoms with Gasteiger partial charge in [-0.05, 0) is 23.3 Å². The zero-order valence-corrected chi connectivity index (χ0v) is 19.1. The summed E-state index contributed by atoms with van der Waals surface area (Å²) in [6, 6.07) is 15.5. The van der Waals surface area contributed by atoms with Crippen LogP contribution in [0.3, 0.4) is 0 Å². The lowest BCUT2D eigenvalue weighted by Gasteiger charge is -2.31. The maximum atomic E-state index is 13.4. The molecular formula is C26H26N2O5. The van der Waals surface area contributed by atoms with Gasteiger partial charge in [0.1, 0.15) is 17.9 Å². The van der Waals surface area contributed by atoms with E-state index in [0.29, 0.717) is 18.0 Å². The minimum absolute atomic E-state index is 0.264. The second-order valence-electron chi connectivity index (χ2n) is 9.14. The minimum atomic E-state index is -1.11. The Balaban J connectivity index is 1.85. The van der Waals surface area contributed by atoms with Gasteiger partial charge in [-0.1, -0.05) is 62.3 Å². The molecule has 0 bridgehead atoms. The number of aromatic nitrogens is 1. The van der Waals surface area contributed by atoms with Crippen LogP contribution in [0.1, 0.15) is 37.9 Å². The van der Waals surface area contributed by atoms with E-state index in [1.807, 2.05) is 36.4 Å². The van der Waals surface area contributed by atoms with E-state index in [-0.39, 0.29) is 5.78 Å². The van der Waals surface area contributed by atoms with Gasteiger partial charge in [-0.2, -0.15) is 0 Å². The number of carbonyl (C=O) groups is 3. The van der Waals surface area contributed by atoms with E-state index in [1.165, 1.54) is 11.2 Å². The van der Waals surface area contributed by atoms with Crippen molar-refractivity contribution in [3.8, 4) is 11.3 Å². The molecule has 170 valence electrons. The van der Waals surface area contributed by atoms with Crippen LogP contribution in [0.4, 0.5) is 5.69 Å². The molecule has 0 N–H and O–H groups in total. The molecule has 0 saturated carbocycles. The number of methoxy groups -OCH3 is 1. The van der Waals surface area contributed by atoms with E-state index in [4.69, 9.17) is 9.26 Å². The second-order valence-corrected chi connectivity index (χ2v) is 9.14. The predicted octanol–water partition coefficient (Wildman–Crippen LogP) is 4.38. The molecule has 2 aromatic carbocycles. The molecule has 2 atom stereocenters. The number of rotatable bonds is 6. The summed E-state index contributed by atoms with van der Waals surface area (Å²) < 4.78 is 10.3. The number of hydrogen-bond donors (Lipinski definition) is 0. The predicted molar refractivity (Wildman–Crippen MR) is 122 cm³/mol. The number of nitrogens with zero attached hydrogens (tertiary/aromatic N) is 2. The van der Waals surface area contributed by atoms with Gasteiger partial charge < -0.3 is 9.26 Å². The van der Waals surface area contributed by atoms with Gasteiger partial charge >= 0.3 is 0 Å². The monoisotopic (exact) mass is 446 g/mol. The maximum Gasteiger partial charge on any atom is 0.295 e. The van der Waals surface area contributed by atoms with E-state index in [0.717, 1.165) is 16.7 Å². The summed E-state index contributed by atoms with van der Waals surface area (Å²) in [5, 5.41) is 3.93. The lowest BCUT2D eigenvalue weighted by atomic mass is 9.77. The SMILES string of the molecule is COCc1ccccc1C1C(C(=O)C(C)(C)C)C(=O)C(=O)N1c1ccc(-c2ccon2)cc1. The molecule has 0 aliphatic carbocycles. The Kier molecular flexibility index (Phi) is 5.99. The van der Waals surface area contributed by atoms with Crippen molar-refractivity contribution in [1.29, 1.82) is 0 Å². The van der Waals surface area contributed by atoms with Gasteiger partial charge in [0.2, 0.25) is 5.78 Å². The van der Waals surface area contributed by atoms with Crippen molar-refractivity contribution in [2.45, 2.75) is 33.4 Å². The van der Waals surface area contributed by atoms with Gasteiger partial charge in [0.05, 0.1) is 12.6 Å². The summed E-state index contributed by atoms with van der Waals surface area (Å²) >= 11 is 0. The summed E-state index contributed by atoms with van der Waals surface area (Å²) in [4.78, 5) is 41.4. The lowest BCUT2D eigenvalue weighted by molar-refractivity contribution is -0.141. The first kappa shape index (κ1) is 22.6. The Bertz CT molecular complexity index is 1180. The first-order valence-corrected chi connectivity index (χ1v) is 10.7. The third-order valence-electron chi connectivity index (χ3n) is 5.88. The van der Waals surface area contributed by atoms with Crippen LogP contribution in [0.15, 0.2) is 65.4 Å². The average molecular weight is 447 g/mol. The van der Waals surface area contributed by atoms with E-state index in [9.17, 15) is 14.4 Å². The van der Waals surface area contributed by atoms with Crippen molar-refractivity contribution in [2.75, 3.05) is 12.0 Å². The van der Waals surface area contributed by atoms with Gasteiger partial charge in [-0.15, -0.1) is 0 Å². The van der Waals surface area contributed by atoms with Gasteiger partial charge in [-0.3, -0.25) is 19.3 Å². The van der Waals surface area contributed by atoms with Crippen molar-refractivity contribution in [1.82, 2.24) is 5.16 Å². The molecule has 1 aliphatic heterocycles. The van der Waals surface area contributed by atoms with Crippen LogP contribution >= 0.6 is 0 Å². The van der Waals surface area contributed by atoms with Crippen LogP contribution in [0.2, 0.25) is 0 Å². The van der Waals surface area contributed by atoms with Crippen LogP contribution in [0.5, 0.6) is 0 Å². The van der Waals surface area contributed by atoms with Crippen molar-refractivity contribution in [2.24, 2.45) is 11.3 Å². The van der Waals surface area contributed by atoms with Gasteiger partial charge in [-0.25, -0.2) is 0 Å². The van der Waals surface area contributed by atoms with Crippen molar-refractivity contribution >= 4 is 23.2 Å². The molecule has 0 spiro atoms. The van der Waals surface area contributed by atoms with Crippen LogP contribution in [0, 0.1) is 11.3 Å². The summed E-state index contributed by atoms with van der Waals surface area (Å²) in [5.41, 5.74) is 2.76. The molecule has 1 saturated heterocycles. The molecular weight excluding hydrogens is 420 g/mol.